The summed E-state index contributed by atoms with van der Waals surface area (Å²) in [7, 11) is -3.84. The number of carbonyl (C=O) groups excluding carboxylic acids is 2. The molecule has 0 heterocycles. The molecule has 0 saturated carbocycles. The molecule has 0 aliphatic carbocycles. The Bertz CT molecular complexity index is 1160. The summed E-state index contributed by atoms with van der Waals surface area (Å²) in [5, 5.41) is 5.38. The van der Waals surface area contributed by atoms with E-state index >= 15 is 0 Å². The molecule has 0 aliphatic heterocycles. The molecule has 31 heavy (non-hydrogen) atoms. The second-order valence-corrected chi connectivity index (χ2v) is 8.56. The molecule has 0 spiro atoms. The minimum Gasteiger partial charge on any atom is -0.350 e. The summed E-state index contributed by atoms with van der Waals surface area (Å²) in [4.78, 5) is 24.4. The Labute approximate surface area is 181 Å². The smallest absolute Gasteiger partial charge is 0.261 e. The van der Waals surface area contributed by atoms with Crippen molar-refractivity contribution in [1.29, 1.82) is 0 Å². The van der Waals surface area contributed by atoms with Crippen LogP contribution in [0.3, 0.4) is 0 Å². The van der Waals surface area contributed by atoms with Gasteiger partial charge in [0.05, 0.1) is 4.90 Å². The first-order chi connectivity index (χ1) is 14.8. The van der Waals surface area contributed by atoms with Crippen molar-refractivity contribution in [3.8, 4) is 0 Å². The van der Waals surface area contributed by atoms with Gasteiger partial charge in [0.1, 0.15) is 0 Å². The number of hydrogen-bond donors (Lipinski definition) is 3. The number of sulfonamides is 1. The van der Waals surface area contributed by atoms with Crippen molar-refractivity contribution in [3.63, 3.8) is 0 Å². The van der Waals surface area contributed by atoms with Gasteiger partial charge in [0.25, 0.3) is 21.8 Å². The fourth-order valence-electron chi connectivity index (χ4n) is 2.79. The van der Waals surface area contributed by atoms with Crippen molar-refractivity contribution >= 4 is 27.5 Å². The van der Waals surface area contributed by atoms with Crippen LogP contribution < -0.4 is 15.4 Å². The van der Waals surface area contributed by atoms with Crippen LogP contribution in [0.15, 0.2) is 83.8 Å². The molecule has 160 valence electrons. The van der Waals surface area contributed by atoms with Gasteiger partial charge in [-0.1, -0.05) is 42.0 Å². The second kappa shape index (κ2) is 9.90. The van der Waals surface area contributed by atoms with Gasteiger partial charge in [-0.3, -0.25) is 14.3 Å². The molecule has 0 atom stereocenters. The molecular formula is C23H23N3O4S. The maximum absolute atomic E-state index is 12.6. The lowest BCUT2D eigenvalue weighted by atomic mass is 10.2. The minimum atomic E-state index is -3.84. The predicted octanol–water partition coefficient (Wildman–Crippen LogP) is 2.96. The number of amides is 2. The summed E-state index contributed by atoms with van der Waals surface area (Å²) in [5.74, 6) is -0.661. The molecule has 2 amide bonds. The highest BCUT2D eigenvalue weighted by Gasteiger charge is 2.16. The first kappa shape index (κ1) is 22.0. The standard InChI is InChI=1S/C23H23N3O4S/c1-17-10-12-20(13-11-17)26-31(29,30)21-9-5-8-19(16-21)23(28)25-15-14-24-22(27)18-6-3-2-4-7-18/h2-13,16,26H,14-15H2,1H3,(H,24,27)(H,25,28). The van der Waals surface area contributed by atoms with Crippen LogP contribution in [0.4, 0.5) is 5.69 Å². The van der Waals surface area contributed by atoms with Gasteiger partial charge in [-0.2, -0.15) is 0 Å². The molecular weight excluding hydrogens is 414 g/mol. The van der Waals surface area contributed by atoms with Crippen LogP contribution >= 0.6 is 0 Å². The number of rotatable bonds is 8. The maximum atomic E-state index is 12.6. The molecule has 0 radical (unpaired) electrons. The third-order valence-corrected chi connectivity index (χ3v) is 5.82. The Balaban J connectivity index is 1.57. The monoisotopic (exact) mass is 437 g/mol. The highest BCUT2D eigenvalue weighted by molar-refractivity contribution is 7.92. The van der Waals surface area contributed by atoms with Crippen LogP contribution in [0.1, 0.15) is 26.3 Å². The van der Waals surface area contributed by atoms with Crippen molar-refractivity contribution in [2.45, 2.75) is 11.8 Å². The fraction of sp³-hybridized carbons (Fsp3) is 0.130. The molecule has 0 aromatic heterocycles. The van der Waals surface area contributed by atoms with Crippen LogP contribution in [-0.2, 0) is 10.0 Å². The minimum absolute atomic E-state index is 0.0156. The Hall–Kier alpha value is -3.65. The largest absolute Gasteiger partial charge is 0.350 e. The van der Waals surface area contributed by atoms with Crippen molar-refractivity contribution in [3.05, 3.63) is 95.6 Å². The average Bonchev–Trinajstić information content (AvgIpc) is 2.78. The van der Waals surface area contributed by atoms with E-state index in [2.05, 4.69) is 15.4 Å². The highest BCUT2D eigenvalue weighted by Crippen LogP contribution is 2.17. The average molecular weight is 438 g/mol. The molecule has 0 unspecified atom stereocenters. The number of benzene rings is 3. The van der Waals surface area contributed by atoms with Gasteiger partial charge in [-0.25, -0.2) is 8.42 Å². The van der Waals surface area contributed by atoms with Gasteiger partial charge in [0.15, 0.2) is 0 Å². The lowest BCUT2D eigenvalue weighted by Gasteiger charge is -2.10. The van der Waals surface area contributed by atoms with Crippen molar-refractivity contribution in [1.82, 2.24) is 10.6 Å². The third kappa shape index (κ3) is 6.16. The van der Waals surface area contributed by atoms with E-state index in [4.69, 9.17) is 0 Å². The van der Waals surface area contributed by atoms with Gasteiger partial charge in [-0.05, 0) is 49.4 Å². The van der Waals surface area contributed by atoms with E-state index in [9.17, 15) is 18.0 Å². The Morgan fingerprint density at radius 3 is 1.97 bits per heavy atom. The number of hydrogen-bond acceptors (Lipinski definition) is 4. The maximum Gasteiger partial charge on any atom is 0.261 e. The molecule has 0 fully saturated rings. The number of carbonyl (C=O) groups is 2. The zero-order chi connectivity index (χ0) is 22.3. The van der Waals surface area contributed by atoms with Gasteiger partial charge >= 0.3 is 0 Å². The molecule has 0 bridgehead atoms. The van der Waals surface area contributed by atoms with Crippen molar-refractivity contribution in [2.75, 3.05) is 17.8 Å². The SMILES string of the molecule is Cc1ccc(NS(=O)(=O)c2cccc(C(=O)NCCNC(=O)c3ccccc3)c2)cc1. The van der Waals surface area contributed by atoms with Gasteiger partial charge < -0.3 is 10.6 Å². The summed E-state index contributed by atoms with van der Waals surface area (Å²) in [6, 6.07) is 21.5. The lowest BCUT2D eigenvalue weighted by molar-refractivity contribution is 0.0927. The Morgan fingerprint density at radius 2 is 1.32 bits per heavy atom. The molecule has 0 aliphatic rings. The molecule has 3 aromatic rings. The van der Waals surface area contributed by atoms with E-state index in [1.807, 2.05) is 13.0 Å². The van der Waals surface area contributed by atoms with Gasteiger partial charge in [0, 0.05) is 29.9 Å². The summed E-state index contributed by atoms with van der Waals surface area (Å²) in [5.41, 5.74) is 2.20. The normalized spacial score (nSPS) is 10.9. The summed E-state index contributed by atoms with van der Waals surface area (Å²) >= 11 is 0. The molecule has 3 rings (SSSR count). The van der Waals surface area contributed by atoms with Crippen LogP contribution in [0.25, 0.3) is 0 Å². The summed E-state index contributed by atoms with van der Waals surface area (Å²) < 4.78 is 27.8. The topological polar surface area (TPSA) is 104 Å². The van der Waals surface area contributed by atoms with E-state index < -0.39 is 15.9 Å². The zero-order valence-corrected chi connectivity index (χ0v) is 17.8. The Kier molecular flexibility index (Phi) is 7.04. The number of anilines is 1. The molecule has 8 heteroatoms. The fourth-order valence-corrected chi connectivity index (χ4v) is 3.89. The van der Waals surface area contributed by atoms with E-state index in [0.717, 1.165) is 5.56 Å². The van der Waals surface area contributed by atoms with Crippen LogP contribution in [0, 0.1) is 6.92 Å². The second-order valence-electron chi connectivity index (χ2n) is 6.88. The van der Waals surface area contributed by atoms with Crippen LogP contribution in [0.5, 0.6) is 0 Å². The van der Waals surface area contributed by atoms with Crippen molar-refractivity contribution < 1.29 is 18.0 Å². The third-order valence-electron chi connectivity index (χ3n) is 4.44. The molecule has 7 nitrogen and oxygen atoms in total. The quantitative estimate of drug-likeness (QED) is 0.471. The number of aryl methyl sites for hydroxylation is 1. The van der Waals surface area contributed by atoms with Crippen LogP contribution in [0.2, 0.25) is 0 Å². The first-order valence-corrected chi connectivity index (χ1v) is 11.1. The summed E-state index contributed by atoms with van der Waals surface area (Å²) in [6.45, 7) is 2.36. The van der Waals surface area contributed by atoms with Gasteiger partial charge in [-0.15, -0.1) is 0 Å². The van der Waals surface area contributed by atoms with E-state index in [-0.39, 0.29) is 29.5 Å². The highest BCUT2D eigenvalue weighted by atomic mass is 32.2. The molecule has 3 N–H and O–H groups in total. The van der Waals surface area contributed by atoms with E-state index in [1.54, 1.807) is 48.5 Å². The molecule has 0 saturated heterocycles. The van der Waals surface area contributed by atoms with E-state index in [0.29, 0.717) is 11.3 Å². The van der Waals surface area contributed by atoms with Crippen molar-refractivity contribution in [2.24, 2.45) is 0 Å². The van der Waals surface area contributed by atoms with Gasteiger partial charge in [0.2, 0.25) is 0 Å². The first-order valence-electron chi connectivity index (χ1n) is 9.66. The zero-order valence-electron chi connectivity index (χ0n) is 17.0. The Morgan fingerprint density at radius 1 is 0.742 bits per heavy atom. The lowest BCUT2D eigenvalue weighted by Crippen LogP contribution is -2.34. The van der Waals surface area contributed by atoms with E-state index in [1.165, 1.54) is 24.3 Å². The predicted molar refractivity (Wildman–Crippen MR) is 120 cm³/mol. The number of nitrogens with one attached hydrogen (secondary N) is 3. The summed E-state index contributed by atoms with van der Waals surface area (Å²) in [6.07, 6.45) is 0. The van der Waals surface area contributed by atoms with Crippen LogP contribution in [-0.4, -0.2) is 33.3 Å². The molecule has 3 aromatic carbocycles.